The Balaban J connectivity index is 2.04. The van der Waals surface area contributed by atoms with E-state index in [1.165, 1.54) is 12.1 Å². The third-order valence-electron chi connectivity index (χ3n) is 3.38. The molecule has 0 saturated carbocycles. The highest BCUT2D eigenvalue weighted by atomic mass is 32.2. The molecule has 1 aliphatic rings. The second kappa shape index (κ2) is 6.59. The molecular weight excluding hydrogens is 316 g/mol. The maximum absolute atomic E-state index is 12.0. The highest BCUT2D eigenvalue weighted by Crippen LogP contribution is 2.21. The van der Waals surface area contributed by atoms with Crippen molar-refractivity contribution in [2.45, 2.75) is 42.5 Å². The fourth-order valence-electron chi connectivity index (χ4n) is 2.00. The monoisotopic (exact) mass is 334 g/mol. The Morgan fingerprint density at radius 1 is 1.05 bits per heavy atom. The second-order valence-corrected chi connectivity index (χ2v) is 6.70. The van der Waals surface area contributed by atoms with Crippen LogP contribution in [-0.4, -0.2) is 66.2 Å². The van der Waals surface area contributed by atoms with Gasteiger partial charge in [-0.25, -0.2) is 0 Å². The molecule has 0 aromatic heterocycles. The van der Waals surface area contributed by atoms with Gasteiger partial charge in [-0.15, -0.1) is 0 Å². The number of benzene rings is 1. The Hall–Kier alpha value is -1.07. The van der Waals surface area contributed by atoms with E-state index in [1.54, 1.807) is 19.1 Å². The van der Waals surface area contributed by atoms with Gasteiger partial charge in [0.1, 0.15) is 24.4 Å². The molecule has 1 heterocycles. The van der Waals surface area contributed by atoms with Gasteiger partial charge in [-0.2, -0.15) is 8.42 Å². The molecule has 124 valence electrons. The molecule has 0 unspecified atom stereocenters. The largest absolute Gasteiger partial charge is 0.387 e. The Kier molecular flexibility index (Phi) is 5.17. The maximum Gasteiger partial charge on any atom is 0.297 e. The summed E-state index contributed by atoms with van der Waals surface area (Å²) in [6.45, 7) is 1.19. The smallest absolute Gasteiger partial charge is 0.297 e. The van der Waals surface area contributed by atoms with Crippen LogP contribution in [0.2, 0.25) is 0 Å². The summed E-state index contributed by atoms with van der Waals surface area (Å²) < 4.78 is 33.6. The van der Waals surface area contributed by atoms with Crippen LogP contribution in [0.25, 0.3) is 0 Å². The molecule has 1 fully saturated rings. The second-order valence-electron chi connectivity index (χ2n) is 5.09. The lowest BCUT2D eigenvalue weighted by atomic mass is 10.00. The molecule has 2 rings (SSSR count). The zero-order chi connectivity index (χ0) is 16.5. The van der Waals surface area contributed by atoms with Crippen LogP contribution in [0.3, 0.4) is 0 Å². The number of ether oxygens (including phenoxy) is 1. The molecule has 1 aromatic carbocycles. The first-order valence-electron chi connectivity index (χ1n) is 6.56. The van der Waals surface area contributed by atoms with E-state index in [1.807, 2.05) is 0 Å². The minimum absolute atomic E-state index is 0.0652. The number of rotatable bonds is 4. The third kappa shape index (κ3) is 3.63. The van der Waals surface area contributed by atoms with Crippen LogP contribution >= 0.6 is 0 Å². The van der Waals surface area contributed by atoms with Crippen molar-refractivity contribution >= 4 is 10.1 Å². The van der Waals surface area contributed by atoms with Crippen molar-refractivity contribution in [3.8, 4) is 0 Å². The first kappa shape index (κ1) is 17.3. The van der Waals surface area contributed by atoms with Crippen molar-refractivity contribution in [2.75, 3.05) is 6.61 Å². The molecule has 8 nitrogen and oxygen atoms in total. The molecule has 4 N–H and O–H groups in total. The fourth-order valence-corrected chi connectivity index (χ4v) is 2.92. The van der Waals surface area contributed by atoms with Crippen molar-refractivity contribution in [2.24, 2.45) is 0 Å². The average Bonchev–Trinajstić information content (AvgIpc) is 2.48. The van der Waals surface area contributed by atoms with Crippen molar-refractivity contribution in [3.63, 3.8) is 0 Å². The van der Waals surface area contributed by atoms with E-state index < -0.39 is 47.4 Å². The van der Waals surface area contributed by atoms with Crippen molar-refractivity contribution in [1.82, 2.24) is 0 Å². The van der Waals surface area contributed by atoms with Crippen LogP contribution in [0.4, 0.5) is 0 Å². The normalized spacial score (nSPS) is 32.9. The molecule has 5 atom stereocenters. The molecular formula is C13H18O8S. The summed E-state index contributed by atoms with van der Waals surface area (Å²) in [5.41, 5.74) is 0.880. The summed E-state index contributed by atoms with van der Waals surface area (Å²) in [5.74, 6) is 0. The molecule has 1 saturated heterocycles. The molecule has 0 aliphatic carbocycles. The van der Waals surface area contributed by atoms with E-state index in [0.29, 0.717) is 0 Å². The van der Waals surface area contributed by atoms with Crippen LogP contribution < -0.4 is 0 Å². The Labute approximate surface area is 127 Å². The highest BCUT2D eigenvalue weighted by molar-refractivity contribution is 7.86. The van der Waals surface area contributed by atoms with E-state index in [9.17, 15) is 28.8 Å². The highest BCUT2D eigenvalue weighted by Gasteiger charge is 2.43. The van der Waals surface area contributed by atoms with Gasteiger partial charge in [0.2, 0.25) is 0 Å². The van der Waals surface area contributed by atoms with Gasteiger partial charge in [0.05, 0.1) is 11.5 Å². The topological polar surface area (TPSA) is 134 Å². The minimum atomic E-state index is -4.07. The van der Waals surface area contributed by atoms with E-state index in [-0.39, 0.29) is 4.90 Å². The molecule has 0 bridgehead atoms. The summed E-state index contributed by atoms with van der Waals surface area (Å²) in [5, 5.41) is 37.9. The van der Waals surface area contributed by atoms with Crippen LogP contribution in [0, 0.1) is 6.92 Å². The lowest BCUT2D eigenvalue weighted by Gasteiger charge is -2.37. The van der Waals surface area contributed by atoms with Crippen LogP contribution in [0.15, 0.2) is 29.2 Å². The summed E-state index contributed by atoms with van der Waals surface area (Å²) in [7, 11) is -4.07. The molecule has 9 heteroatoms. The number of aliphatic hydroxyl groups excluding tert-OH is 4. The fraction of sp³-hybridized carbons (Fsp3) is 0.538. The molecule has 0 amide bonds. The molecule has 0 spiro atoms. The van der Waals surface area contributed by atoms with Crippen LogP contribution in [0.5, 0.6) is 0 Å². The Bertz CT molecular complexity index is 599. The zero-order valence-electron chi connectivity index (χ0n) is 11.7. The Morgan fingerprint density at radius 3 is 2.23 bits per heavy atom. The van der Waals surface area contributed by atoms with Gasteiger partial charge >= 0.3 is 0 Å². The zero-order valence-corrected chi connectivity index (χ0v) is 12.5. The number of hydrogen-bond acceptors (Lipinski definition) is 8. The number of aryl methyl sites for hydroxylation is 1. The van der Waals surface area contributed by atoms with E-state index in [2.05, 4.69) is 0 Å². The van der Waals surface area contributed by atoms with E-state index in [0.717, 1.165) is 5.56 Å². The van der Waals surface area contributed by atoms with E-state index >= 15 is 0 Å². The first-order valence-corrected chi connectivity index (χ1v) is 7.97. The summed E-state index contributed by atoms with van der Waals surface area (Å²) in [6.07, 6.45) is -7.98. The first-order chi connectivity index (χ1) is 10.2. The van der Waals surface area contributed by atoms with Crippen LogP contribution in [-0.2, 0) is 19.0 Å². The van der Waals surface area contributed by atoms with Crippen LogP contribution in [0.1, 0.15) is 5.56 Å². The summed E-state index contributed by atoms with van der Waals surface area (Å²) >= 11 is 0. The van der Waals surface area contributed by atoms with Gasteiger partial charge in [-0.05, 0) is 19.1 Å². The molecule has 22 heavy (non-hydrogen) atoms. The average molecular weight is 334 g/mol. The lowest BCUT2D eigenvalue weighted by Crippen LogP contribution is -2.58. The SMILES string of the molecule is Cc1ccc(S(=O)(=O)OC[C@H]2O[C@@H](O)[C@@H](O)[C@@H](O)[C@@H]2O)cc1. The third-order valence-corrected chi connectivity index (χ3v) is 4.68. The lowest BCUT2D eigenvalue weighted by molar-refractivity contribution is -0.285. The predicted molar refractivity (Wildman–Crippen MR) is 73.2 cm³/mol. The maximum atomic E-state index is 12.0. The van der Waals surface area contributed by atoms with E-state index in [4.69, 9.17) is 8.92 Å². The molecule has 1 aliphatic heterocycles. The van der Waals surface area contributed by atoms with Gasteiger partial charge in [-0.1, -0.05) is 17.7 Å². The van der Waals surface area contributed by atoms with Crippen molar-refractivity contribution < 1.29 is 37.8 Å². The van der Waals surface area contributed by atoms with Gasteiger partial charge in [-0.3, -0.25) is 4.18 Å². The molecule has 0 radical (unpaired) electrons. The van der Waals surface area contributed by atoms with Gasteiger partial charge in [0.15, 0.2) is 6.29 Å². The van der Waals surface area contributed by atoms with Crippen molar-refractivity contribution in [3.05, 3.63) is 29.8 Å². The number of aliphatic hydroxyl groups is 4. The van der Waals surface area contributed by atoms with Gasteiger partial charge < -0.3 is 25.2 Å². The number of hydrogen-bond donors (Lipinski definition) is 4. The standard InChI is InChI=1S/C13H18O8S/c1-7-2-4-8(5-3-7)22(18,19)20-6-9-10(14)11(15)12(16)13(17)21-9/h2-5,9-17H,6H2,1H3/t9-,10-,11+,12+,13-/m1/s1. The van der Waals surface area contributed by atoms with Gasteiger partial charge in [0.25, 0.3) is 10.1 Å². The predicted octanol–water partition coefficient (Wildman–Crippen LogP) is -1.50. The Morgan fingerprint density at radius 2 is 1.64 bits per heavy atom. The van der Waals surface area contributed by atoms with Gasteiger partial charge in [0, 0.05) is 0 Å². The quantitative estimate of drug-likeness (QED) is 0.489. The molecule has 1 aromatic rings. The summed E-state index contributed by atoms with van der Waals surface area (Å²) in [4.78, 5) is -0.0652. The summed E-state index contributed by atoms with van der Waals surface area (Å²) in [6, 6.07) is 5.95. The van der Waals surface area contributed by atoms with Crippen molar-refractivity contribution in [1.29, 1.82) is 0 Å². The minimum Gasteiger partial charge on any atom is -0.387 e.